The van der Waals surface area contributed by atoms with Crippen LogP contribution in [0, 0.1) is 0 Å². The zero-order valence-electron chi connectivity index (χ0n) is 16.8. The summed E-state index contributed by atoms with van der Waals surface area (Å²) in [6, 6.07) is 10.3. The first kappa shape index (κ1) is 21.8. The molecule has 0 heterocycles. The van der Waals surface area contributed by atoms with Crippen LogP contribution in [-0.2, 0) is 37.2 Å². The van der Waals surface area contributed by atoms with Crippen LogP contribution in [0.15, 0.2) is 47.4 Å². The highest BCUT2D eigenvalue weighted by Crippen LogP contribution is 2.24. The third kappa shape index (κ3) is 5.37. The largest absolute Gasteiger partial charge is 0.497 e. The van der Waals surface area contributed by atoms with Gasteiger partial charge in [-0.3, -0.25) is 9.59 Å². The van der Waals surface area contributed by atoms with Crippen LogP contribution < -0.4 is 14.8 Å². The molecule has 0 aliphatic heterocycles. The molecule has 0 unspecified atom stereocenters. The number of amides is 1. The van der Waals surface area contributed by atoms with Gasteiger partial charge in [0.2, 0.25) is 10.0 Å². The quantitative estimate of drug-likeness (QED) is 0.618. The molecule has 2 aromatic carbocycles. The Morgan fingerprint density at radius 1 is 1.07 bits per heavy atom. The van der Waals surface area contributed by atoms with Crippen LogP contribution in [0.2, 0.25) is 0 Å². The van der Waals surface area contributed by atoms with Gasteiger partial charge < -0.3 is 14.8 Å². The molecular weight excluding hydrogens is 408 g/mol. The number of anilines is 1. The molecule has 1 aliphatic rings. The summed E-state index contributed by atoms with van der Waals surface area (Å²) in [4.78, 5) is 24.2. The Kier molecular flexibility index (Phi) is 6.73. The topological polar surface area (TPSA) is 111 Å². The van der Waals surface area contributed by atoms with E-state index in [1.165, 1.54) is 49.4 Å². The van der Waals surface area contributed by atoms with E-state index >= 15 is 0 Å². The molecule has 2 N–H and O–H groups in total. The first-order valence-electron chi connectivity index (χ1n) is 9.53. The molecule has 0 radical (unpaired) electrons. The van der Waals surface area contributed by atoms with Crippen LogP contribution in [0.1, 0.15) is 24.5 Å². The predicted molar refractivity (Wildman–Crippen MR) is 111 cm³/mol. The molecule has 30 heavy (non-hydrogen) atoms. The number of nitrogens with one attached hydrogen (secondary N) is 2. The van der Waals surface area contributed by atoms with E-state index in [4.69, 9.17) is 9.47 Å². The van der Waals surface area contributed by atoms with Gasteiger partial charge in [0.1, 0.15) is 11.8 Å². The van der Waals surface area contributed by atoms with Crippen molar-refractivity contribution in [3.05, 3.63) is 53.6 Å². The number of fused-ring (bicyclic) bond motifs is 1. The Bertz CT molecular complexity index is 1030. The Morgan fingerprint density at radius 2 is 1.77 bits per heavy atom. The number of hydrogen-bond donors (Lipinski definition) is 2. The number of methoxy groups -OCH3 is 1. The summed E-state index contributed by atoms with van der Waals surface area (Å²) in [5.41, 5.74) is 3.15. The number of rotatable bonds is 8. The summed E-state index contributed by atoms with van der Waals surface area (Å²) in [7, 11) is -2.46. The summed E-state index contributed by atoms with van der Waals surface area (Å²) < 4.78 is 36.9. The fourth-order valence-electron chi connectivity index (χ4n) is 3.21. The van der Waals surface area contributed by atoms with Gasteiger partial charge in [0.15, 0.2) is 6.61 Å². The number of sulfonamides is 1. The molecule has 0 bridgehead atoms. The van der Waals surface area contributed by atoms with Crippen LogP contribution in [0.25, 0.3) is 0 Å². The van der Waals surface area contributed by atoms with E-state index in [0.717, 1.165) is 19.3 Å². The second-order valence-electron chi connectivity index (χ2n) is 7.01. The van der Waals surface area contributed by atoms with E-state index < -0.39 is 34.5 Å². The molecule has 160 valence electrons. The zero-order chi connectivity index (χ0) is 21.7. The molecule has 0 saturated heterocycles. The summed E-state index contributed by atoms with van der Waals surface area (Å²) in [5, 5.41) is 2.68. The molecule has 3 rings (SSSR count). The van der Waals surface area contributed by atoms with Gasteiger partial charge in [-0.05, 0) is 73.7 Å². The van der Waals surface area contributed by atoms with Crippen molar-refractivity contribution in [3.8, 4) is 5.75 Å². The normalized spacial score (nSPS) is 13.9. The molecule has 0 aromatic heterocycles. The van der Waals surface area contributed by atoms with Crippen molar-refractivity contribution in [2.45, 2.75) is 37.1 Å². The van der Waals surface area contributed by atoms with Gasteiger partial charge in [0.25, 0.3) is 5.91 Å². The van der Waals surface area contributed by atoms with Gasteiger partial charge in [-0.25, -0.2) is 8.42 Å². The zero-order valence-corrected chi connectivity index (χ0v) is 17.6. The smallest absolute Gasteiger partial charge is 0.324 e. The molecule has 1 aliphatic carbocycles. The molecule has 2 aromatic rings. The second-order valence-corrected chi connectivity index (χ2v) is 8.73. The summed E-state index contributed by atoms with van der Waals surface area (Å²) in [6.45, 7) is 0.840. The first-order valence-corrected chi connectivity index (χ1v) is 11.0. The number of hydrogen-bond acceptors (Lipinski definition) is 6. The number of carbonyl (C=O) groups excluding carboxylic acids is 2. The van der Waals surface area contributed by atoms with Crippen LogP contribution in [0.4, 0.5) is 5.69 Å². The van der Waals surface area contributed by atoms with Gasteiger partial charge in [0, 0.05) is 5.69 Å². The van der Waals surface area contributed by atoms with Crippen LogP contribution in [0.5, 0.6) is 5.75 Å². The molecular formula is C21H24N2O6S. The van der Waals surface area contributed by atoms with Gasteiger partial charge >= 0.3 is 5.97 Å². The average Bonchev–Trinajstić information content (AvgIpc) is 3.19. The monoisotopic (exact) mass is 432 g/mol. The van der Waals surface area contributed by atoms with Crippen molar-refractivity contribution in [2.75, 3.05) is 19.0 Å². The average molecular weight is 432 g/mol. The summed E-state index contributed by atoms with van der Waals surface area (Å²) in [6.07, 6.45) is 3.14. The summed E-state index contributed by atoms with van der Waals surface area (Å²) >= 11 is 0. The molecule has 9 heteroatoms. The lowest BCUT2D eigenvalue weighted by Gasteiger charge is -2.14. The first-order chi connectivity index (χ1) is 14.3. The van der Waals surface area contributed by atoms with Crippen molar-refractivity contribution in [3.63, 3.8) is 0 Å². The fraction of sp³-hybridized carbons (Fsp3) is 0.333. The van der Waals surface area contributed by atoms with Crippen molar-refractivity contribution >= 4 is 27.6 Å². The van der Waals surface area contributed by atoms with E-state index in [9.17, 15) is 18.0 Å². The number of esters is 1. The number of benzene rings is 2. The minimum atomic E-state index is -3.93. The van der Waals surface area contributed by atoms with Crippen LogP contribution >= 0.6 is 0 Å². The van der Waals surface area contributed by atoms with Crippen molar-refractivity contribution in [1.29, 1.82) is 0 Å². The van der Waals surface area contributed by atoms with E-state index in [2.05, 4.69) is 10.0 Å². The van der Waals surface area contributed by atoms with Gasteiger partial charge in [0.05, 0.1) is 12.0 Å². The maximum Gasteiger partial charge on any atom is 0.324 e. The van der Waals surface area contributed by atoms with Crippen LogP contribution in [-0.4, -0.2) is 40.1 Å². The maximum absolute atomic E-state index is 12.4. The maximum atomic E-state index is 12.4. The van der Waals surface area contributed by atoms with Crippen LogP contribution in [0.3, 0.4) is 0 Å². The van der Waals surface area contributed by atoms with Gasteiger partial charge in [-0.2, -0.15) is 4.72 Å². The second kappa shape index (κ2) is 9.27. The molecule has 1 atom stereocenters. The minimum Gasteiger partial charge on any atom is -0.497 e. The third-order valence-electron chi connectivity index (χ3n) is 4.78. The van der Waals surface area contributed by atoms with E-state index in [1.54, 1.807) is 0 Å². The van der Waals surface area contributed by atoms with Crippen molar-refractivity contribution in [1.82, 2.24) is 4.72 Å². The lowest BCUT2D eigenvalue weighted by atomic mass is 10.1. The molecule has 8 nitrogen and oxygen atoms in total. The lowest BCUT2D eigenvalue weighted by Crippen LogP contribution is -2.40. The SMILES string of the molecule is COc1ccc(S(=O)(=O)N[C@@H](C)C(=O)OCC(=O)Nc2ccc3c(c2)CCC3)cc1. The Labute approximate surface area is 175 Å². The Morgan fingerprint density at radius 3 is 2.47 bits per heavy atom. The highest BCUT2D eigenvalue weighted by molar-refractivity contribution is 7.89. The van der Waals surface area contributed by atoms with E-state index in [0.29, 0.717) is 11.4 Å². The summed E-state index contributed by atoms with van der Waals surface area (Å²) in [5.74, 6) is -0.835. The number of carbonyl (C=O) groups is 2. The van der Waals surface area contributed by atoms with Crippen molar-refractivity contribution in [2.24, 2.45) is 0 Å². The highest BCUT2D eigenvalue weighted by Gasteiger charge is 2.24. The number of ether oxygens (including phenoxy) is 2. The fourth-order valence-corrected chi connectivity index (χ4v) is 4.40. The Balaban J connectivity index is 1.50. The predicted octanol–water partition coefficient (Wildman–Crippen LogP) is 2.03. The molecule has 0 saturated carbocycles. The van der Waals surface area contributed by atoms with Gasteiger partial charge in [-0.1, -0.05) is 6.07 Å². The lowest BCUT2D eigenvalue weighted by molar-refractivity contribution is -0.148. The van der Waals surface area contributed by atoms with E-state index in [-0.39, 0.29) is 4.90 Å². The van der Waals surface area contributed by atoms with Gasteiger partial charge in [-0.15, -0.1) is 0 Å². The molecule has 0 fully saturated rings. The third-order valence-corrected chi connectivity index (χ3v) is 6.34. The molecule has 0 spiro atoms. The molecule has 1 amide bonds. The Hall–Kier alpha value is -2.91. The van der Waals surface area contributed by atoms with E-state index in [1.807, 2.05) is 18.2 Å². The highest BCUT2D eigenvalue weighted by atomic mass is 32.2. The standard InChI is InChI=1S/C21H24N2O6S/c1-14(23-30(26,27)19-10-8-18(28-2)9-11-19)21(25)29-13-20(24)22-17-7-6-15-4-3-5-16(15)12-17/h6-12,14,23H,3-5,13H2,1-2H3,(H,22,24)/t14-/m0/s1. The number of aryl methyl sites for hydroxylation is 2. The minimum absolute atomic E-state index is 0.0164. The van der Waals surface area contributed by atoms with Crippen molar-refractivity contribution < 1.29 is 27.5 Å².